The smallest absolute Gasteiger partial charge is 0.302 e. The lowest BCUT2D eigenvalue weighted by Crippen LogP contribution is -2.01. The minimum absolute atomic E-state index is 0.00961. The van der Waals surface area contributed by atoms with Crippen molar-refractivity contribution in [3.05, 3.63) is 0 Å². The van der Waals surface area contributed by atoms with Crippen LogP contribution in [0.3, 0.4) is 0 Å². The van der Waals surface area contributed by atoms with Gasteiger partial charge in [0, 0.05) is 0 Å². The zero-order valence-corrected chi connectivity index (χ0v) is 15.1. The number of hydrogen-bond donors (Lipinski definition) is 2. The van der Waals surface area contributed by atoms with Crippen molar-refractivity contribution in [3.8, 4) is 0 Å². The molecule has 0 radical (unpaired) electrons. The van der Waals surface area contributed by atoms with E-state index in [0.29, 0.717) is 25.7 Å². The van der Waals surface area contributed by atoms with E-state index in [-0.39, 0.29) is 26.4 Å². The number of unbranched alkanes of at least 4 members (excludes halogenated alkanes) is 3. The maximum Gasteiger partial charge on any atom is 0.472 e. The third-order valence-corrected chi connectivity index (χ3v) is 4.59. The quantitative estimate of drug-likeness (QED) is 0.335. The van der Waals surface area contributed by atoms with Crippen molar-refractivity contribution in [2.45, 2.75) is 52.4 Å². The molecule has 0 fully saturated rings. The number of phosphoric ester groups is 2. The highest BCUT2D eigenvalue weighted by Crippen LogP contribution is 2.44. The molecule has 0 aromatic heterocycles. The molecule has 0 rings (SSSR count). The molecule has 10 heteroatoms. The van der Waals surface area contributed by atoms with Crippen LogP contribution in [0.5, 0.6) is 0 Å². The third kappa shape index (κ3) is 13.9. The molecular formula is C12H28O8P2. The zero-order chi connectivity index (χ0) is 16.9. The van der Waals surface area contributed by atoms with Crippen molar-refractivity contribution in [2.75, 3.05) is 26.4 Å². The number of rotatable bonds is 15. The van der Waals surface area contributed by atoms with Gasteiger partial charge in [0.25, 0.3) is 0 Å². The van der Waals surface area contributed by atoms with E-state index in [9.17, 15) is 18.9 Å². The molecule has 0 saturated carbocycles. The van der Waals surface area contributed by atoms with E-state index in [1.807, 2.05) is 13.8 Å². The minimum Gasteiger partial charge on any atom is -0.302 e. The Balaban J connectivity index is 3.64. The van der Waals surface area contributed by atoms with Gasteiger partial charge in [-0.05, 0) is 25.7 Å². The molecule has 8 nitrogen and oxygen atoms in total. The molecular weight excluding hydrogens is 334 g/mol. The second kappa shape index (κ2) is 12.6. The first-order valence-corrected chi connectivity index (χ1v) is 10.6. The van der Waals surface area contributed by atoms with Crippen LogP contribution in [-0.4, -0.2) is 36.2 Å². The fourth-order valence-electron chi connectivity index (χ4n) is 1.29. The zero-order valence-electron chi connectivity index (χ0n) is 13.3. The first kappa shape index (κ1) is 22.2. The predicted octanol–water partition coefficient (Wildman–Crippen LogP) is 3.63. The Morgan fingerprint density at radius 1 is 0.636 bits per heavy atom. The molecule has 2 atom stereocenters. The first-order chi connectivity index (χ1) is 10.3. The van der Waals surface area contributed by atoms with Crippen LogP contribution in [0.1, 0.15) is 52.4 Å². The molecule has 0 heterocycles. The summed E-state index contributed by atoms with van der Waals surface area (Å²) < 4.78 is 41.8. The first-order valence-electron chi connectivity index (χ1n) is 7.56. The van der Waals surface area contributed by atoms with Gasteiger partial charge in [0.15, 0.2) is 0 Å². The third-order valence-electron chi connectivity index (χ3n) is 2.55. The highest BCUT2D eigenvalue weighted by molar-refractivity contribution is 7.47. The maximum absolute atomic E-state index is 11.4. The number of phosphoric acid groups is 2. The van der Waals surface area contributed by atoms with Crippen LogP contribution in [0.25, 0.3) is 0 Å². The molecule has 0 aliphatic rings. The average molecular weight is 362 g/mol. The van der Waals surface area contributed by atoms with Gasteiger partial charge in [-0.2, -0.15) is 0 Å². The van der Waals surface area contributed by atoms with Gasteiger partial charge in [0.1, 0.15) is 0 Å². The van der Waals surface area contributed by atoms with Crippen LogP contribution in [0, 0.1) is 0 Å². The number of hydrogen-bond acceptors (Lipinski definition) is 6. The summed E-state index contributed by atoms with van der Waals surface area (Å²) in [4.78, 5) is 18.6. The summed E-state index contributed by atoms with van der Waals surface area (Å²) in [6.07, 6.45) is 3.89. The Morgan fingerprint density at radius 3 is 1.18 bits per heavy atom. The predicted molar refractivity (Wildman–Crippen MR) is 82.5 cm³/mol. The Bertz CT molecular complexity index is 329. The highest BCUT2D eigenvalue weighted by Gasteiger charge is 2.21. The topological polar surface area (TPSA) is 112 Å². The molecule has 22 heavy (non-hydrogen) atoms. The van der Waals surface area contributed by atoms with E-state index in [0.717, 1.165) is 12.8 Å². The van der Waals surface area contributed by atoms with Crippen molar-refractivity contribution < 1.29 is 37.0 Å². The normalized spacial score (nSPS) is 17.1. The maximum atomic E-state index is 11.4. The van der Waals surface area contributed by atoms with Crippen molar-refractivity contribution >= 4 is 15.6 Å². The molecule has 2 N–H and O–H groups in total. The molecule has 0 amide bonds. The minimum atomic E-state index is -3.99. The van der Waals surface area contributed by atoms with Gasteiger partial charge < -0.3 is 9.79 Å². The molecule has 0 spiro atoms. The lowest BCUT2D eigenvalue weighted by molar-refractivity contribution is 0.131. The second-order valence-corrected chi connectivity index (χ2v) is 7.59. The van der Waals surface area contributed by atoms with Crippen molar-refractivity contribution in [3.63, 3.8) is 0 Å². The molecule has 0 aliphatic heterocycles. The molecule has 0 aromatic carbocycles. The van der Waals surface area contributed by atoms with Gasteiger partial charge >= 0.3 is 15.6 Å². The summed E-state index contributed by atoms with van der Waals surface area (Å²) in [7, 11) is -7.98. The van der Waals surface area contributed by atoms with E-state index in [4.69, 9.17) is 18.1 Å². The van der Waals surface area contributed by atoms with Crippen molar-refractivity contribution in [2.24, 2.45) is 0 Å². The van der Waals surface area contributed by atoms with Crippen molar-refractivity contribution in [1.82, 2.24) is 0 Å². The lowest BCUT2D eigenvalue weighted by Gasteiger charge is -2.13. The average Bonchev–Trinajstić information content (AvgIpc) is 2.43. The summed E-state index contributed by atoms with van der Waals surface area (Å²) in [5.74, 6) is 0. The van der Waals surface area contributed by atoms with E-state index in [1.54, 1.807) is 0 Å². The van der Waals surface area contributed by atoms with Crippen LogP contribution < -0.4 is 0 Å². The van der Waals surface area contributed by atoms with Crippen molar-refractivity contribution in [1.29, 1.82) is 0 Å². The van der Waals surface area contributed by atoms with Crippen LogP contribution in [0.15, 0.2) is 0 Å². The Kier molecular flexibility index (Phi) is 12.7. The van der Waals surface area contributed by atoms with Crippen LogP contribution >= 0.6 is 15.6 Å². The SMILES string of the molecule is CCCCOP(=O)(O)OCCCCOP(=O)(O)OCCCC. The summed E-state index contributed by atoms with van der Waals surface area (Å²) in [5.41, 5.74) is 0. The van der Waals surface area contributed by atoms with E-state index in [2.05, 4.69) is 0 Å². The second-order valence-electron chi connectivity index (χ2n) is 4.68. The monoisotopic (exact) mass is 362 g/mol. The van der Waals surface area contributed by atoms with Gasteiger partial charge in [-0.1, -0.05) is 26.7 Å². The summed E-state index contributed by atoms with van der Waals surface area (Å²) in [6, 6.07) is 0. The van der Waals surface area contributed by atoms with E-state index in [1.165, 1.54) is 0 Å². The summed E-state index contributed by atoms with van der Waals surface area (Å²) in [6.45, 7) is 4.26. The molecule has 2 unspecified atom stereocenters. The molecule has 0 bridgehead atoms. The van der Waals surface area contributed by atoms with Crippen LogP contribution in [-0.2, 0) is 27.2 Å². The standard InChI is InChI=1S/C12H28O8P2/c1-3-5-9-17-21(13,14)19-11-7-8-12-20-22(15,16)18-10-6-4-2/h3-12H2,1-2H3,(H,13,14)(H,15,16). The molecule has 0 saturated heterocycles. The highest BCUT2D eigenvalue weighted by atomic mass is 31.2. The van der Waals surface area contributed by atoms with Gasteiger partial charge in [-0.15, -0.1) is 0 Å². The van der Waals surface area contributed by atoms with Gasteiger partial charge in [-0.25, -0.2) is 9.13 Å². The van der Waals surface area contributed by atoms with Gasteiger partial charge in [-0.3, -0.25) is 18.1 Å². The fraction of sp³-hybridized carbons (Fsp3) is 1.00. The molecule has 134 valence electrons. The van der Waals surface area contributed by atoms with Gasteiger partial charge in [0.2, 0.25) is 0 Å². The summed E-state index contributed by atoms with van der Waals surface area (Å²) >= 11 is 0. The van der Waals surface area contributed by atoms with E-state index >= 15 is 0 Å². The largest absolute Gasteiger partial charge is 0.472 e. The van der Waals surface area contributed by atoms with Crippen LogP contribution in [0.4, 0.5) is 0 Å². The van der Waals surface area contributed by atoms with Crippen LogP contribution in [0.2, 0.25) is 0 Å². The van der Waals surface area contributed by atoms with E-state index < -0.39 is 15.6 Å². The Hall–Kier alpha value is 0.220. The Morgan fingerprint density at radius 2 is 0.909 bits per heavy atom. The fourth-order valence-corrected chi connectivity index (χ4v) is 2.88. The lowest BCUT2D eigenvalue weighted by atomic mass is 10.3. The molecule has 0 aromatic rings. The molecule has 0 aliphatic carbocycles. The summed E-state index contributed by atoms with van der Waals surface area (Å²) in [5, 5.41) is 0. The van der Waals surface area contributed by atoms with Gasteiger partial charge in [0.05, 0.1) is 26.4 Å². The Labute approximate surface area is 132 Å².